The van der Waals surface area contributed by atoms with E-state index in [-0.39, 0.29) is 36.1 Å². The van der Waals surface area contributed by atoms with Gasteiger partial charge in [-0.1, -0.05) is 24.3 Å². The maximum Gasteiger partial charge on any atom is 0.262 e. The molecule has 178 valence electrons. The van der Waals surface area contributed by atoms with Gasteiger partial charge in [0, 0.05) is 6.20 Å². The van der Waals surface area contributed by atoms with E-state index < -0.39 is 11.7 Å². The Bertz CT molecular complexity index is 1320. The standard InChI is InChI=1S/C26H23FN4O4/c1-34-20-12-10-19(11-13-20)31-15-14-18(30-31)16-28-26(33)21-6-2-5-9-24(21)35-17-25(32)29-23-8-4-3-7-22(23)27/h2-15H,16-17H2,1H3,(H,28,33)(H,29,32). The van der Waals surface area contributed by atoms with Gasteiger partial charge >= 0.3 is 0 Å². The maximum absolute atomic E-state index is 13.7. The normalized spacial score (nSPS) is 10.5. The molecule has 8 nitrogen and oxygen atoms in total. The average Bonchev–Trinajstić information content (AvgIpc) is 3.37. The van der Waals surface area contributed by atoms with Gasteiger partial charge in [0.2, 0.25) is 0 Å². The molecule has 0 aliphatic heterocycles. The zero-order chi connectivity index (χ0) is 24.6. The zero-order valence-corrected chi connectivity index (χ0v) is 18.9. The number of rotatable bonds is 9. The second-order valence-electron chi connectivity index (χ2n) is 7.45. The molecule has 35 heavy (non-hydrogen) atoms. The molecule has 2 amide bonds. The predicted octanol–water partition coefficient (Wildman–Crippen LogP) is 3.97. The molecular weight excluding hydrogens is 451 g/mol. The summed E-state index contributed by atoms with van der Waals surface area (Å²) in [4.78, 5) is 24.9. The highest BCUT2D eigenvalue weighted by atomic mass is 19.1. The van der Waals surface area contributed by atoms with Gasteiger partial charge in [0.15, 0.2) is 6.61 Å². The molecule has 0 aliphatic rings. The highest BCUT2D eigenvalue weighted by molar-refractivity contribution is 5.97. The van der Waals surface area contributed by atoms with E-state index in [2.05, 4.69) is 15.7 Å². The van der Waals surface area contributed by atoms with Crippen molar-refractivity contribution in [3.8, 4) is 17.2 Å². The van der Waals surface area contributed by atoms with Gasteiger partial charge in [-0.2, -0.15) is 5.10 Å². The molecule has 0 fully saturated rings. The van der Waals surface area contributed by atoms with Gasteiger partial charge in [-0.25, -0.2) is 9.07 Å². The number of aromatic nitrogens is 2. The van der Waals surface area contributed by atoms with Crippen molar-refractivity contribution in [3.05, 3.63) is 102 Å². The van der Waals surface area contributed by atoms with E-state index in [9.17, 15) is 14.0 Å². The molecule has 0 aliphatic carbocycles. The lowest BCUT2D eigenvalue weighted by Crippen LogP contribution is -2.25. The first-order valence-corrected chi connectivity index (χ1v) is 10.8. The number of carbonyl (C=O) groups is 2. The summed E-state index contributed by atoms with van der Waals surface area (Å²) in [5.74, 6) is -0.491. The fraction of sp³-hybridized carbons (Fsp3) is 0.115. The van der Waals surface area contributed by atoms with Crippen LogP contribution in [-0.2, 0) is 11.3 Å². The monoisotopic (exact) mass is 474 g/mol. The van der Waals surface area contributed by atoms with Crippen LogP contribution in [0.4, 0.5) is 10.1 Å². The maximum atomic E-state index is 13.7. The summed E-state index contributed by atoms with van der Waals surface area (Å²) in [7, 11) is 1.60. The molecule has 0 unspecified atom stereocenters. The zero-order valence-electron chi connectivity index (χ0n) is 18.9. The summed E-state index contributed by atoms with van der Waals surface area (Å²) in [5.41, 5.74) is 1.84. The van der Waals surface area contributed by atoms with E-state index in [1.54, 1.807) is 54.4 Å². The van der Waals surface area contributed by atoms with Crippen molar-refractivity contribution in [2.45, 2.75) is 6.54 Å². The van der Waals surface area contributed by atoms with E-state index in [0.29, 0.717) is 5.69 Å². The van der Waals surface area contributed by atoms with E-state index in [0.717, 1.165) is 11.4 Å². The number of amides is 2. The second-order valence-corrected chi connectivity index (χ2v) is 7.45. The van der Waals surface area contributed by atoms with Gasteiger partial charge in [-0.15, -0.1) is 0 Å². The molecule has 0 radical (unpaired) electrons. The molecule has 0 saturated carbocycles. The van der Waals surface area contributed by atoms with Crippen LogP contribution in [0.3, 0.4) is 0 Å². The van der Waals surface area contributed by atoms with Gasteiger partial charge < -0.3 is 20.1 Å². The Kier molecular flexibility index (Phi) is 7.37. The SMILES string of the molecule is COc1ccc(-n2ccc(CNC(=O)c3ccccc3OCC(=O)Nc3ccccc3F)n2)cc1. The van der Waals surface area contributed by atoms with Gasteiger partial charge in [0.25, 0.3) is 11.8 Å². The highest BCUT2D eigenvalue weighted by Gasteiger charge is 2.14. The number of benzene rings is 3. The van der Waals surface area contributed by atoms with E-state index in [1.165, 1.54) is 18.2 Å². The summed E-state index contributed by atoms with van der Waals surface area (Å²) in [6.45, 7) is -0.186. The third kappa shape index (κ3) is 6.02. The number of ether oxygens (including phenoxy) is 2. The number of hydrogen-bond acceptors (Lipinski definition) is 5. The lowest BCUT2D eigenvalue weighted by atomic mass is 10.2. The molecule has 1 aromatic heterocycles. The quantitative estimate of drug-likeness (QED) is 0.383. The summed E-state index contributed by atoms with van der Waals surface area (Å²) < 4.78 is 26.1. The number of methoxy groups -OCH3 is 1. The number of halogens is 1. The van der Waals surface area contributed by atoms with Crippen molar-refractivity contribution < 1.29 is 23.5 Å². The van der Waals surface area contributed by atoms with Gasteiger partial charge in [0.1, 0.15) is 17.3 Å². The minimum absolute atomic E-state index is 0.0567. The molecule has 1 heterocycles. The van der Waals surface area contributed by atoms with Crippen LogP contribution in [0.2, 0.25) is 0 Å². The Hall–Kier alpha value is -4.66. The highest BCUT2D eigenvalue weighted by Crippen LogP contribution is 2.19. The summed E-state index contributed by atoms with van der Waals surface area (Å²) in [5, 5.41) is 9.73. The molecular formula is C26H23FN4O4. The number of hydrogen-bond donors (Lipinski definition) is 2. The third-order valence-electron chi connectivity index (χ3n) is 5.05. The van der Waals surface area contributed by atoms with Crippen LogP contribution in [-0.4, -0.2) is 35.3 Å². The predicted molar refractivity (Wildman–Crippen MR) is 128 cm³/mol. The van der Waals surface area contributed by atoms with E-state index in [4.69, 9.17) is 9.47 Å². The van der Waals surface area contributed by atoms with E-state index >= 15 is 0 Å². The minimum Gasteiger partial charge on any atom is -0.497 e. The largest absolute Gasteiger partial charge is 0.497 e. The van der Waals surface area contributed by atoms with Crippen molar-refractivity contribution in [2.75, 3.05) is 19.0 Å². The Morgan fingerprint density at radius 3 is 2.49 bits per heavy atom. The average molecular weight is 474 g/mol. The van der Waals surface area contributed by atoms with Crippen LogP contribution in [0.15, 0.2) is 85.1 Å². The number of carbonyl (C=O) groups excluding carboxylic acids is 2. The van der Waals surface area contributed by atoms with Crippen LogP contribution in [0.1, 0.15) is 16.1 Å². The minimum atomic E-state index is -0.547. The first-order valence-electron chi connectivity index (χ1n) is 10.8. The van der Waals surface area contributed by atoms with Crippen molar-refractivity contribution in [2.24, 2.45) is 0 Å². The van der Waals surface area contributed by atoms with Crippen LogP contribution in [0.25, 0.3) is 5.69 Å². The first kappa shape index (κ1) is 23.5. The van der Waals surface area contributed by atoms with Crippen LogP contribution >= 0.6 is 0 Å². The van der Waals surface area contributed by atoms with Gasteiger partial charge in [0.05, 0.1) is 36.3 Å². The molecule has 0 bridgehead atoms. The first-order chi connectivity index (χ1) is 17.0. The lowest BCUT2D eigenvalue weighted by Gasteiger charge is -2.12. The fourth-order valence-electron chi connectivity index (χ4n) is 3.27. The van der Waals surface area contributed by atoms with Crippen molar-refractivity contribution in [3.63, 3.8) is 0 Å². The summed E-state index contributed by atoms with van der Waals surface area (Å²) in [6, 6.07) is 21.6. The van der Waals surface area contributed by atoms with Crippen LogP contribution in [0, 0.1) is 5.82 Å². The van der Waals surface area contributed by atoms with Gasteiger partial charge in [-0.3, -0.25) is 9.59 Å². The Morgan fingerprint density at radius 1 is 0.971 bits per heavy atom. The smallest absolute Gasteiger partial charge is 0.262 e. The lowest BCUT2D eigenvalue weighted by molar-refractivity contribution is -0.118. The molecule has 2 N–H and O–H groups in total. The van der Waals surface area contributed by atoms with E-state index in [1.807, 2.05) is 24.3 Å². The van der Waals surface area contributed by atoms with Gasteiger partial charge in [-0.05, 0) is 54.6 Å². The fourth-order valence-corrected chi connectivity index (χ4v) is 3.27. The molecule has 4 rings (SSSR count). The Morgan fingerprint density at radius 2 is 1.71 bits per heavy atom. The Balaban J connectivity index is 1.34. The number of nitrogens with zero attached hydrogens (tertiary/aromatic N) is 2. The number of nitrogens with one attached hydrogen (secondary N) is 2. The molecule has 9 heteroatoms. The topological polar surface area (TPSA) is 94.5 Å². The molecule has 0 atom stereocenters. The number of para-hydroxylation sites is 2. The van der Waals surface area contributed by atoms with Crippen molar-refractivity contribution in [1.82, 2.24) is 15.1 Å². The third-order valence-corrected chi connectivity index (χ3v) is 5.05. The second kappa shape index (κ2) is 11.0. The summed E-state index contributed by atoms with van der Waals surface area (Å²) >= 11 is 0. The summed E-state index contributed by atoms with van der Waals surface area (Å²) in [6.07, 6.45) is 1.80. The van der Waals surface area contributed by atoms with Crippen LogP contribution in [0.5, 0.6) is 11.5 Å². The Labute approximate surface area is 201 Å². The number of anilines is 1. The molecule has 0 spiro atoms. The van der Waals surface area contributed by atoms with Crippen molar-refractivity contribution in [1.29, 1.82) is 0 Å². The molecule has 4 aromatic rings. The van der Waals surface area contributed by atoms with Crippen molar-refractivity contribution >= 4 is 17.5 Å². The molecule has 3 aromatic carbocycles. The van der Waals surface area contributed by atoms with Crippen LogP contribution < -0.4 is 20.1 Å². The molecule has 0 saturated heterocycles.